The van der Waals surface area contributed by atoms with E-state index in [4.69, 9.17) is 5.11 Å². The molecule has 1 fully saturated rings. The predicted octanol–water partition coefficient (Wildman–Crippen LogP) is 3.67. The molecule has 0 unspecified atom stereocenters. The molecule has 1 saturated heterocycles. The number of aromatic carboxylic acids is 1. The van der Waals surface area contributed by atoms with E-state index < -0.39 is 11.7 Å². The summed E-state index contributed by atoms with van der Waals surface area (Å²) in [5.41, 5.74) is 1.87. The SMILES string of the molecule is CC(=Cc1ccccc1)C=C1SC(=S=O)N(CCCC(=O)Nc2ccc(C(=O)O)c(O)c2)C1=O. The molecule has 1 aliphatic rings. The summed E-state index contributed by atoms with van der Waals surface area (Å²) < 4.78 is 11.9. The molecule has 3 rings (SSSR count). The topological polar surface area (TPSA) is 124 Å². The molecule has 0 bridgehead atoms. The van der Waals surface area contributed by atoms with Gasteiger partial charge in [-0.25, -0.2) is 9.00 Å². The molecule has 0 spiro atoms. The third-order valence-corrected chi connectivity index (χ3v) is 6.52. The van der Waals surface area contributed by atoms with Crippen LogP contribution in [-0.4, -0.2) is 48.0 Å². The Kier molecular flexibility index (Phi) is 8.44. The van der Waals surface area contributed by atoms with Gasteiger partial charge in [-0.1, -0.05) is 48.2 Å². The Balaban J connectivity index is 1.58. The summed E-state index contributed by atoms with van der Waals surface area (Å²) in [5.74, 6) is -2.37. The molecule has 2 aromatic carbocycles. The maximum atomic E-state index is 12.8. The van der Waals surface area contributed by atoms with Gasteiger partial charge in [-0.3, -0.25) is 14.5 Å². The number of carbonyl (C=O) groups excluding carboxylic acids is 2. The van der Waals surface area contributed by atoms with Crippen LogP contribution < -0.4 is 5.32 Å². The number of hydrogen-bond donors (Lipinski definition) is 3. The lowest BCUT2D eigenvalue weighted by Gasteiger charge is -2.14. The average Bonchev–Trinajstić information content (AvgIpc) is 3.08. The summed E-state index contributed by atoms with van der Waals surface area (Å²) in [5, 5.41) is 21.2. The number of carboxylic acid groups (broad SMARTS) is 1. The van der Waals surface area contributed by atoms with Gasteiger partial charge >= 0.3 is 5.97 Å². The third-order valence-electron chi connectivity index (χ3n) is 4.80. The lowest BCUT2D eigenvalue weighted by atomic mass is 10.1. The second-order valence-electron chi connectivity index (χ2n) is 7.40. The normalized spacial score (nSPS) is 15.0. The highest BCUT2D eigenvalue weighted by molar-refractivity contribution is 8.24. The molecule has 34 heavy (non-hydrogen) atoms. The fourth-order valence-electron chi connectivity index (χ4n) is 3.23. The first-order valence-electron chi connectivity index (χ1n) is 10.3. The van der Waals surface area contributed by atoms with Crippen molar-refractivity contribution in [3.63, 3.8) is 0 Å². The molecule has 1 aliphatic heterocycles. The van der Waals surface area contributed by atoms with Crippen LogP contribution in [0.2, 0.25) is 0 Å². The van der Waals surface area contributed by atoms with Crippen LogP contribution in [-0.2, 0) is 20.8 Å². The number of thioether (sulfide) groups is 1. The summed E-state index contributed by atoms with van der Waals surface area (Å²) in [7, 11) is 0. The molecule has 2 aromatic rings. The minimum atomic E-state index is -1.27. The molecule has 176 valence electrons. The summed E-state index contributed by atoms with van der Waals surface area (Å²) >= 11 is 1.36. The number of phenols is 1. The molecular formula is C24H22N2O6S2. The van der Waals surface area contributed by atoms with E-state index in [1.54, 1.807) is 6.08 Å². The van der Waals surface area contributed by atoms with Crippen molar-refractivity contribution in [2.24, 2.45) is 0 Å². The number of aromatic hydroxyl groups is 1. The van der Waals surface area contributed by atoms with Crippen molar-refractivity contribution in [3.8, 4) is 5.75 Å². The zero-order valence-electron chi connectivity index (χ0n) is 18.2. The van der Waals surface area contributed by atoms with Crippen LogP contribution in [0.5, 0.6) is 5.75 Å². The van der Waals surface area contributed by atoms with Crippen molar-refractivity contribution in [1.29, 1.82) is 0 Å². The molecule has 8 nitrogen and oxygen atoms in total. The first kappa shape index (κ1) is 25.0. The number of hydrogen-bond acceptors (Lipinski definition) is 6. The van der Waals surface area contributed by atoms with Gasteiger partial charge in [0.2, 0.25) is 5.91 Å². The van der Waals surface area contributed by atoms with E-state index in [0.717, 1.165) is 29.0 Å². The zero-order valence-corrected chi connectivity index (χ0v) is 19.8. The van der Waals surface area contributed by atoms with Gasteiger partial charge in [0.25, 0.3) is 5.91 Å². The minimum Gasteiger partial charge on any atom is -0.507 e. The second kappa shape index (κ2) is 11.5. The standard InChI is InChI=1S/C24H22N2O6S2/c1-15(12-16-6-3-2-4-7-16)13-20-22(29)26(24(33-20)34-32)11-5-8-21(28)25-17-9-10-18(23(30)31)19(27)14-17/h2-4,6-7,9-10,12-14,27H,5,8,11H2,1H3,(H,25,28)(H,30,31). The molecule has 2 amide bonds. The largest absolute Gasteiger partial charge is 0.507 e. The monoisotopic (exact) mass is 498 g/mol. The van der Waals surface area contributed by atoms with Crippen molar-refractivity contribution in [3.05, 3.63) is 76.2 Å². The van der Waals surface area contributed by atoms with E-state index in [1.165, 1.54) is 17.0 Å². The van der Waals surface area contributed by atoms with Gasteiger partial charge in [0.1, 0.15) is 22.6 Å². The molecule has 1 heterocycles. The Morgan fingerprint density at radius 1 is 1.18 bits per heavy atom. The number of nitrogens with zero attached hydrogens (tertiary/aromatic N) is 1. The number of anilines is 1. The van der Waals surface area contributed by atoms with E-state index in [9.17, 15) is 23.7 Å². The molecular weight excluding hydrogens is 476 g/mol. The fourth-order valence-corrected chi connectivity index (χ4v) is 4.81. The van der Waals surface area contributed by atoms with Crippen molar-refractivity contribution < 1.29 is 28.8 Å². The highest BCUT2D eigenvalue weighted by atomic mass is 32.2. The molecule has 0 aliphatic carbocycles. The van der Waals surface area contributed by atoms with Crippen LogP contribution in [0.1, 0.15) is 35.7 Å². The number of nitrogens with one attached hydrogen (secondary N) is 1. The van der Waals surface area contributed by atoms with Crippen LogP contribution >= 0.6 is 11.8 Å². The third kappa shape index (κ3) is 6.46. The van der Waals surface area contributed by atoms with Crippen molar-refractivity contribution in [1.82, 2.24) is 4.90 Å². The number of carbonyl (C=O) groups is 3. The molecule has 0 radical (unpaired) electrons. The predicted molar refractivity (Wildman–Crippen MR) is 134 cm³/mol. The van der Waals surface area contributed by atoms with Crippen LogP contribution in [0, 0.1) is 0 Å². The van der Waals surface area contributed by atoms with Crippen molar-refractivity contribution in [2.75, 3.05) is 11.9 Å². The number of benzene rings is 2. The lowest BCUT2D eigenvalue weighted by Crippen LogP contribution is -2.30. The maximum Gasteiger partial charge on any atom is 0.339 e. The number of rotatable bonds is 8. The smallest absolute Gasteiger partial charge is 0.339 e. The molecule has 0 atom stereocenters. The summed E-state index contributed by atoms with van der Waals surface area (Å²) in [6, 6.07) is 13.4. The fraction of sp³-hybridized carbons (Fsp3) is 0.167. The number of carboxylic acids is 1. The van der Waals surface area contributed by atoms with Crippen LogP contribution in [0.4, 0.5) is 5.69 Å². The quantitative estimate of drug-likeness (QED) is 0.375. The van der Waals surface area contributed by atoms with E-state index in [-0.39, 0.29) is 47.3 Å². The van der Waals surface area contributed by atoms with E-state index in [0.29, 0.717) is 15.6 Å². The Labute approximate surface area is 204 Å². The van der Waals surface area contributed by atoms with Gasteiger partial charge in [-0.05, 0) is 42.7 Å². The van der Waals surface area contributed by atoms with Gasteiger partial charge in [0, 0.05) is 24.7 Å². The number of allylic oxidation sites excluding steroid dienone is 2. The summed E-state index contributed by atoms with van der Waals surface area (Å²) in [6.07, 6.45) is 4.07. The Morgan fingerprint density at radius 2 is 1.91 bits per heavy atom. The average molecular weight is 499 g/mol. The molecule has 3 N–H and O–H groups in total. The zero-order chi connectivity index (χ0) is 24.7. The summed E-state index contributed by atoms with van der Waals surface area (Å²) in [6.45, 7) is 2.08. The second-order valence-corrected chi connectivity index (χ2v) is 9.25. The van der Waals surface area contributed by atoms with E-state index in [2.05, 4.69) is 5.32 Å². The van der Waals surface area contributed by atoms with Crippen molar-refractivity contribution >= 4 is 56.9 Å². The highest BCUT2D eigenvalue weighted by Crippen LogP contribution is 2.31. The molecule has 0 saturated carbocycles. The Bertz CT molecular complexity index is 1230. The minimum absolute atomic E-state index is 0.0681. The first-order chi connectivity index (χ1) is 16.3. The molecule has 0 aromatic heterocycles. The first-order valence-corrected chi connectivity index (χ1v) is 11.8. The van der Waals surface area contributed by atoms with Crippen molar-refractivity contribution in [2.45, 2.75) is 19.8 Å². The van der Waals surface area contributed by atoms with Gasteiger partial charge in [0.15, 0.2) is 4.32 Å². The van der Waals surface area contributed by atoms with E-state index >= 15 is 0 Å². The maximum absolute atomic E-state index is 12.8. The Hall–Kier alpha value is -3.63. The molecule has 10 heteroatoms. The lowest BCUT2D eigenvalue weighted by molar-refractivity contribution is -0.122. The van der Waals surface area contributed by atoms with Crippen LogP contribution in [0.3, 0.4) is 0 Å². The van der Waals surface area contributed by atoms with Gasteiger partial charge in [0.05, 0.1) is 4.91 Å². The summed E-state index contributed by atoms with van der Waals surface area (Å²) in [4.78, 5) is 37.8. The van der Waals surface area contributed by atoms with Gasteiger partial charge in [-0.2, -0.15) is 0 Å². The van der Waals surface area contributed by atoms with Gasteiger partial charge in [-0.15, -0.1) is 0 Å². The van der Waals surface area contributed by atoms with Crippen LogP contribution in [0.25, 0.3) is 6.08 Å². The Morgan fingerprint density at radius 3 is 2.56 bits per heavy atom. The van der Waals surface area contributed by atoms with E-state index in [1.807, 2.05) is 43.3 Å². The highest BCUT2D eigenvalue weighted by Gasteiger charge is 2.32. The van der Waals surface area contributed by atoms with Crippen LogP contribution in [0.15, 0.2) is 65.1 Å². The number of amides is 2. The van der Waals surface area contributed by atoms with Gasteiger partial charge < -0.3 is 15.5 Å².